The monoisotopic (exact) mass is 372 g/mol. The van der Waals surface area contributed by atoms with E-state index < -0.39 is 0 Å². The zero-order valence-corrected chi connectivity index (χ0v) is 16.2. The first-order chi connectivity index (χ1) is 13.0. The van der Waals surface area contributed by atoms with Crippen LogP contribution >= 0.6 is 0 Å². The molecule has 27 heavy (non-hydrogen) atoms. The van der Waals surface area contributed by atoms with Gasteiger partial charge in [-0.1, -0.05) is 6.07 Å². The highest BCUT2D eigenvalue weighted by atomic mass is 16.5. The number of methoxy groups -OCH3 is 3. The lowest BCUT2D eigenvalue weighted by atomic mass is 10.1. The van der Waals surface area contributed by atoms with Crippen molar-refractivity contribution >= 4 is 12.1 Å². The van der Waals surface area contributed by atoms with Crippen molar-refractivity contribution in [3.05, 3.63) is 47.0 Å². The SMILES string of the molecule is COc1cc(OC)c(OC)cc1/C=N/NC(=O)COc1ccc(C)c(C)c1. The molecular formula is C20H24N2O5. The van der Waals surface area contributed by atoms with Crippen LogP contribution in [-0.4, -0.2) is 40.1 Å². The molecular weight excluding hydrogens is 348 g/mol. The van der Waals surface area contributed by atoms with Gasteiger partial charge in [-0.2, -0.15) is 5.10 Å². The molecule has 0 spiro atoms. The summed E-state index contributed by atoms with van der Waals surface area (Å²) in [6, 6.07) is 9.06. The normalized spacial score (nSPS) is 10.6. The second-order valence-electron chi connectivity index (χ2n) is 5.78. The van der Waals surface area contributed by atoms with Gasteiger partial charge in [0.15, 0.2) is 18.1 Å². The quantitative estimate of drug-likeness (QED) is 0.569. The molecule has 0 unspecified atom stereocenters. The van der Waals surface area contributed by atoms with Crippen LogP contribution in [-0.2, 0) is 4.79 Å². The van der Waals surface area contributed by atoms with Gasteiger partial charge >= 0.3 is 0 Å². The van der Waals surface area contributed by atoms with Gasteiger partial charge in [0.25, 0.3) is 5.91 Å². The van der Waals surface area contributed by atoms with Crippen LogP contribution in [0.15, 0.2) is 35.4 Å². The molecule has 0 fully saturated rings. The number of hydrogen-bond acceptors (Lipinski definition) is 6. The lowest BCUT2D eigenvalue weighted by Crippen LogP contribution is -2.24. The third-order valence-electron chi connectivity index (χ3n) is 3.98. The van der Waals surface area contributed by atoms with Gasteiger partial charge in [0.05, 0.1) is 27.5 Å². The average Bonchev–Trinajstić information content (AvgIpc) is 2.68. The molecule has 0 aromatic heterocycles. The predicted molar refractivity (Wildman–Crippen MR) is 103 cm³/mol. The zero-order chi connectivity index (χ0) is 19.8. The van der Waals surface area contributed by atoms with Crippen LogP contribution in [0.3, 0.4) is 0 Å². The maximum atomic E-state index is 11.9. The highest BCUT2D eigenvalue weighted by Crippen LogP contribution is 2.33. The summed E-state index contributed by atoms with van der Waals surface area (Å²) < 4.78 is 21.3. The van der Waals surface area contributed by atoms with E-state index in [4.69, 9.17) is 18.9 Å². The van der Waals surface area contributed by atoms with Gasteiger partial charge < -0.3 is 18.9 Å². The standard InChI is InChI=1S/C20H24N2O5/c1-13-6-7-16(8-14(13)2)27-12-20(23)22-21-11-15-9-18(25-4)19(26-5)10-17(15)24-3/h6-11H,12H2,1-5H3,(H,22,23)/b21-11+. The van der Waals surface area contributed by atoms with Gasteiger partial charge in [0.2, 0.25) is 0 Å². The third-order valence-corrected chi connectivity index (χ3v) is 3.98. The number of hydrogen-bond donors (Lipinski definition) is 1. The average molecular weight is 372 g/mol. The molecule has 144 valence electrons. The number of nitrogens with one attached hydrogen (secondary N) is 1. The van der Waals surface area contributed by atoms with Crippen LogP contribution in [0, 0.1) is 13.8 Å². The van der Waals surface area contributed by atoms with Crippen molar-refractivity contribution in [2.24, 2.45) is 5.10 Å². The van der Waals surface area contributed by atoms with Gasteiger partial charge in [0.1, 0.15) is 11.5 Å². The number of amides is 1. The molecule has 1 amide bonds. The summed E-state index contributed by atoms with van der Waals surface area (Å²) >= 11 is 0. The molecule has 0 saturated carbocycles. The van der Waals surface area contributed by atoms with Crippen LogP contribution in [0.1, 0.15) is 16.7 Å². The third kappa shape index (κ3) is 5.37. The minimum absolute atomic E-state index is 0.136. The molecule has 2 rings (SSSR count). The summed E-state index contributed by atoms with van der Waals surface area (Å²) in [7, 11) is 4.62. The molecule has 0 heterocycles. The van der Waals surface area contributed by atoms with Gasteiger partial charge in [0, 0.05) is 11.6 Å². The number of rotatable bonds is 8. The smallest absolute Gasteiger partial charge is 0.277 e. The number of aryl methyl sites for hydroxylation is 2. The second-order valence-corrected chi connectivity index (χ2v) is 5.78. The van der Waals surface area contributed by atoms with Crippen molar-refractivity contribution in [3.63, 3.8) is 0 Å². The highest BCUT2D eigenvalue weighted by molar-refractivity contribution is 5.86. The maximum Gasteiger partial charge on any atom is 0.277 e. The molecule has 7 heteroatoms. The first-order valence-corrected chi connectivity index (χ1v) is 8.30. The Morgan fingerprint density at radius 3 is 2.26 bits per heavy atom. The molecule has 1 N–H and O–H groups in total. The number of carbonyl (C=O) groups excluding carboxylic acids is 1. The van der Waals surface area contributed by atoms with E-state index in [1.807, 2.05) is 32.0 Å². The summed E-state index contributed by atoms with van der Waals surface area (Å²) in [5, 5.41) is 3.94. The zero-order valence-electron chi connectivity index (χ0n) is 16.2. The number of nitrogens with zero attached hydrogens (tertiary/aromatic N) is 1. The van der Waals surface area contributed by atoms with Crippen molar-refractivity contribution in [2.75, 3.05) is 27.9 Å². The van der Waals surface area contributed by atoms with Crippen molar-refractivity contribution in [3.8, 4) is 23.0 Å². The van der Waals surface area contributed by atoms with Gasteiger partial charge in [-0.25, -0.2) is 5.43 Å². The molecule has 0 aliphatic heterocycles. The summed E-state index contributed by atoms with van der Waals surface area (Å²) in [6.45, 7) is 3.87. The molecule has 0 aliphatic carbocycles. The fourth-order valence-corrected chi connectivity index (χ4v) is 2.31. The molecule has 0 atom stereocenters. The summed E-state index contributed by atoms with van der Waals surface area (Å²) in [5.41, 5.74) is 5.32. The molecule has 2 aromatic rings. The first-order valence-electron chi connectivity index (χ1n) is 8.30. The van der Waals surface area contributed by atoms with Crippen molar-refractivity contribution < 1.29 is 23.7 Å². The Labute approximate surface area is 158 Å². The van der Waals surface area contributed by atoms with Crippen LogP contribution < -0.4 is 24.4 Å². The Hall–Kier alpha value is -3.22. The van der Waals surface area contributed by atoms with Crippen molar-refractivity contribution in [1.29, 1.82) is 0 Å². The fraction of sp³-hybridized carbons (Fsp3) is 0.300. The summed E-state index contributed by atoms with van der Waals surface area (Å²) in [5.74, 6) is 1.88. The summed E-state index contributed by atoms with van der Waals surface area (Å²) in [4.78, 5) is 11.9. The van der Waals surface area contributed by atoms with Crippen molar-refractivity contribution in [1.82, 2.24) is 5.43 Å². The molecule has 2 aromatic carbocycles. The Balaban J connectivity index is 1.97. The molecule has 0 aliphatic rings. The largest absolute Gasteiger partial charge is 0.496 e. The number of hydrazone groups is 1. The molecule has 0 saturated heterocycles. The van der Waals surface area contributed by atoms with E-state index in [2.05, 4.69) is 10.5 Å². The van der Waals surface area contributed by atoms with Crippen LogP contribution in [0.5, 0.6) is 23.0 Å². The van der Waals surface area contributed by atoms with E-state index in [1.165, 1.54) is 26.0 Å². The molecule has 0 bridgehead atoms. The Morgan fingerprint density at radius 1 is 0.963 bits per heavy atom. The molecule has 7 nitrogen and oxygen atoms in total. The van der Waals surface area contributed by atoms with E-state index in [0.29, 0.717) is 28.6 Å². The van der Waals surface area contributed by atoms with Crippen LogP contribution in [0.4, 0.5) is 0 Å². The first kappa shape index (κ1) is 20.1. The lowest BCUT2D eigenvalue weighted by Gasteiger charge is -2.11. The van der Waals surface area contributed by atoms with E-state index in [9.17, 15) is 4.79 Å². The van der Waals surface area contributed by atoms with E-state index in [1.54, 1.807) is 19.2 Å². The number of benzene rings is 2. The maximum absolute atomic E-state index is 11.9. The van der Waals surface area contributed by atoms with Gasteiger partial charge in [-0.15, -0.1) is 0 Å². The van der Waals surface area contributed by atoms with Gasteiger partial charge in [-0.05, 0) is 43.2 Å². The molecule has 0 radical (unpaired) electrons. The van der Waals surface area contributed by atoms with Crippen LogP contribution in [0.25, 0.3) is 0 Å². The minimum atomic E-state index is -0.371. The number of carbonyl (C=O) groups is 1. The van der Waals surface area contributed by atoms with Crippen LogP contribution in [0.2, 0.25) is 0 Å². The topological polar surface area (TPSA) is 78.4 Å². The predicted octanol–water partition coefficient (Wildman–Crippen LogP) is 2.86. The van der Waals surface area contributed by atoms with E-state index in [-0.39, 0.29) is 12.5 Å². The van der Waals surface area contributed by atoms with E-state index in [0.717, 1.165) is 5.56 Å². The van der Waals surface area contributed by atoms with Gasteiger partial charge in [-0.3, -0.25) is 4.79 Å². The lowest BCUT2D eigenvalue weighted by molar-refractivity contribution is -0.123. The van der Waals surface area contributed by atoms with E-state index >= 15 is 0 Å². The summed E-state index contributed by atoms with van der Waals surface area (Å²) in [6.07, 6.45) is 1.47. The fourth-order valence-electron chi connectivity index (χ4n) is 2.31. The Kier molecular flexibility index (Phi) is 7.05. The Morgan fingerprint density at radius 2 is 1.63 bits per heavy atom. The second kappa shape index (κ2) is 9.47. The number of ether oxygens (including phenoxy) is 4. The van der Waals surface area contributed by atoms with Crippen molar-refractivity contribution in [2.45, 2.75) is 13.8 Å². The minimum Gasteiger partial charge on any atom is -0.496 e. The highest BCUT2D eigenvalue weighted by Gasteiger charge is 2.10. The Bertz CT molecular complexity index is 833.